The number of aryl methyl sites for hydroxylation is 2. The summed E-state index contributed by atoms with van der Waals surface area (Å²) in [6, 6.07) is 6.05. The van der Waals surface area contributed by atoms with Crippen molar-refractivity contribution in [2.45, 2.75) is 33.2 Å². The minimum absolute atomic E-state index is 0.0242. The van der Waals surface area contributed by atoms with E-state index in [0.717, 1.165) is 55.4 Å². The second-order valence-electron chi connectivity index (χ2n) is 7.51. The number of piperazine rings is 1. The molecular formula is C22H25F3N6. The Labute approximate surface area is 178 Å². The van der Waals surface area contributed by atoms with E-state index < -0.39 is 17.8 Å². The van der Waals surface area contributed by atoms with Gasteiger partial charge in [-0.15, -0.1) is 0 Å². The monoisotopic (exact) mass is 430 g/mol. The van der Waals surface area contributed by atoms with Gasteiger partial charge >= 0.3 is 0 Å². The highest BCUT2D eigenvalue weighted by atomic mass is 19.3. The summed E-state index contributed by atoms with van der Waals surface area (Å²) in [7, 11) is 0. The van der Waals surface area contributed by atoms with E-state index in [1.54, 1.807) is 6.92 Å². The van der Waals surface area contributed by atoms with Crippen molar-refractivity contribution in [2.24, 2.45) is 0 Å². The molecule has 164 valence electrons. The normalized spacial score (nSPS) is 14.5. The van der Waals surface area contributed by atoms with Crippen molar-refractivity contribution in [2.75, 3.05) is 36.4 Å². The fourth-order valence-corrected chi connectivity index (χ4v) is 3.85. The third kappa shape index (κ3) is 4.41. The van der Waals surface area contributed by atoms with Crippen LogP contribution in [0.4, 0.5) is 24.7 Å². The summed E-state index contributed by atoms with van der Waals surface area (Å²) in [5.74, 6) is 0.144. The standard InChI is InChI=1S/C22H25F3N6/c1-3-17-18(31-9-7-26-8-10-31)11-16-21(28-13(2)29-22(16)30-17)27-12-14-5-4-6-15(19(14)23)20(24)25/h4-6,11,20,26H,3,7-10,12H2,1-2H3,(H,27,28,29,30). The minimum Gasteiger partial charge on any atom is -0.367 e. The van der Waals surface area contributed by atoms with Crippen LogP contribution in [0, 0.1) is 12.7 Å². The van der Waals surface area contributed by atoms with Crippen LogP contribution in [0.15, 0.2) is 24.3 Å². The molecule has 0 amide bonds. The van der Waals surface area contributed by atoms with E-state index in [2.05, 4.69) is 32.4 Å². The number of hydrogen-bond donors (Lipinski definition) is 2. The Kier molecular flexibility index (Phi) is 6.22. The lowest BCUT2D eigenvalue weighted by molar-refractivity contribution is 0.146. The average molecular weight is 430 g/mol. The lowest BCUT2D eigenvalue weighted by atomic mass is 10.1. The van der Waals surface area contributed by atoms with Gasteiger partial charge in [0.2, 0.25) is 0 Å². The van der Waals surface area contributed by atoms with Gasteiger partial charge in [-0.1, -0.05) is 25.1 Å². The van der Waals surface area contributed by atoms with E-state index in [4.69, 9.17) is 4.98 Å². The highest BCUT2D eigenvalue weighted by molar-refractivity contribution is 5.89. The van der Waals surface area contributed by atoms with E-state index in [1.807, 2.05) is 6.07 Å². The molecule has 3 heterocycles. The van der Waals surface area contributed by atoms with Crippen LogP contribution in [0.25, 0.3) is 11.0 Å². The molecule has 0 saturated carbocycles. The van der Waals surface area contributed by atoms with Gasteiger partial charge in [-0.05, 0) is 19.4 Å². The van der Waals surface area contributed by atoms with Crippen molar-refractivity contribution in [3.05, 3.63) is 52.7 Å². The zero-order valence-corrected chi connectivity index (χ0v) is 17.6. The predicted molar refractivity (Wildman–Crippen MR) is 115 cm³/mol. The Bertz CT molecular complexity index is 1080. The molecule has 6 nitrogen and oxygen atoms in total. The Morgan fingerprint density at radius 3 is 2.65 bits per heavy atom. The lowest BCUT2D eigenvalue weighted by Crippen LogP contribution is -2.44. The SMILES string of the molecule is CCc1nc2nc(C)nc(NCc3cccc(C(F)F)c3F)c2cc1N1CCNCC1. The second kappa shape index (κ2) is 9.05. The fourth-order valence-electron chi connectivity index (χ4n) is 3.85. The molecular weight excluding hydrogens is 405 g/mol. The second-order valence-corrected chi connectivity index (χ2v) is 7.51. The number of nitrogens with zero attached hydrogens (tertiary/aromatic N) is 4. The summed E-state index contributed by atoms with van der Waals surface area (Å²) in [4.78, 5) is 16.0. The van der Waals surface area contributed by atoms with Crippen LogP contribution in [0.3, 0.4) is 0 Å². The van der Waals surface area contributed by atoms with Gasteiger partial charge in [0.15, 0.2) is 5.65 Å². The first-order valence-electron chi connectivity index (χ1n) is 10.4. The fraction of sp³-hybridized carbons (Fsp3) is 0.409. The summed E-state index contributed by atoms with van der Waals surface area (Å²) in [5.41, 5.74) is 2.13. The number of benzene rings is 1. The molecule has 0 spiro atoms. The smallest absolute Gasteiger partial charge is 0.266 e. The number of hydrogen-bond acceptors (Lipinski definition) is 6. The topological polar surface area (TPSA) is 66.0 Å². The zero-order chi connectivity index (χ0) is 22.0. The van der Waals surface area contributed by atoms with E-state index >= 15 is 0 Å². The molecule has 0 aliphatic carbocycles. The largest absolute Gasteiger partial charge is 0.367 e. The molecule has 1 fully saturated rings. The molecule has 0 radical (unpaired) electrons. The number of rotatable bonds is 6. The number of nitrogens with one attached hydrogen (secondary N) is 2. The number of alkyl halides is 2. The highest BCUT2D eigenvalue weighted by Gasteiger charge is 2.19. The molecule has 1 aliphatic heterocycles. The maximum Gasteiger partial charge on any atom is 0.266 e. The van der Waals surface area contributed by atoms with Crippen molar-refractivity contribution < 1.29 is 13.2 Å². The highest BCUT2D eigenvalue weighted by Crippen LogP contribution is 2.29. The van der Waals surface area contributed by atoms with E-state index in [-0.39, 0.29) is 12.1 Å². The van der Waals surface area contributed by atoms with E-state index in [9.17, 15) is 13.2 Å². The van der Waals surface area contributed by atoms with Crippen molar-refractivity contribution in [3.63, 3.8) is 0 Å². The quantitative estimate of drug-likeness (QED) is 0.617. The van der Waals surface area contributed by atoms with Crippen LogP contribution < -0.4 is 15.5 Å². The molecule has 0 bridgehead atoms. The Morgan fingerprint density at radius 1 is 1.16 bits per heavy atom. The van der Waals surface area contributed by atoms with Crippen LogP contribution in [-0.2, 0) is 13.0 Å². The van der Waals surface area contributed by atoms with Crippen LogP contribution in [0.2, 0.25) is 0 Å². The van der Waals surface area contributed by atoms with Gasteiger partial charge in [0.25, 0.3) is 6.43 Å². The molecule has 0 unspecified atom stereocenters. The zero-order valence-electron chi connectivity index (χ0n) is 17.6. The number of pyridine rings is 1. The van der Waals surface area contributed by atoms with Gasteiger partial charge in [0.1, 0.15) is 17.5 Å². The molecule has 2 N–H and O–H groups in total. The molecule has 3 aromatic rings. The average Bonchev–Trinajstić information content (AvgIpc) is 2.77. The van der Waals surface area contributed by atoms with Crippen LogP contribution in [-0.4, -0.2) is 41.1 Å². The van der Waals surface area contributed by atoms with E-state index in [1.165, 1.54) is 12.1 Å². The molecule has 1 aromatic carbocycles. The van der Waals surface area contributed by atoms with Gasteiger partial charge in [-0.3, -0.25) is 0 Å². The minimum atomic E-state index is -2.86. The Hall–Kier alpha value is -2.94. The summed E-state index contributed by atoms with van der Waals surface area (Å²) in [6.07, 6.45) is -2.09. The predicted octanol–water partition coefficient (Wildman–Crippen LogP) is 3.99. The van der Waals surface area contributed by atoms with Gasteiger partial charge in [-0.2, -0.15) is 0 Å². The lowest BCUT2D eigenvalue weighted by Gasteiger charge is -2.31. The molecule has 2 aromatic heterocycles. The summed E-state index contributed by atoms with van der Waals surface area (Å²) >= 11 is 0. The van der Waals surface area contributed by atoms with Crippen molar-refractivity contribution in [3.8, 4) is 0 Å². The maximum atomic E-state index is 14.4. The summed E-state index contributed by atoms with van der Waals surface area (Å²) < 4.78 is 40.5. The van der Waals surface area contributed by atoms with Crippen LogP contribution >= 0.6 is 0 Å². The number of fused-ring (bicyclic) bond motifs is 1. The third-order valence-electron chi connectivity index (χ3n) is 5.44. The maximum absolute atomic E-state index is 14.4. The molecule has 4 rings (SSSR count). The first-order valence-corrected chi connectivity index (χ1v) is 10.4. The van der Waals surface area contributed by atoms with Crippen molar-refractivity contribution >= 4 is 22.5 Å². The van der Waals surface area contributed by atoms with Crippen molar-refractivity contribution in [1.29, 1.82) is 0 Å². The van der Waals surface area contributed by atoms with Crippen molar-refractivity contribution in [1.82, 2.24) is 20.3 Å². The first kappa shape index (κ1) is 21.3. The molecule has 0 atom stereocenters. The van der Waals surface area contributed by atoms with Gasteiger partial charge in [0.05, 0.1) is 22.3 Å². The van der Waals surface area contributed by atoms with Gasteiger partial charge in [0, 0.05) is 38.3 Å². The van der Waals surface area contributed by atoms with Gasteiger partial charge in [-0.25, -0.2) is 28.1 Å². The first-order chi connectivity index (χ1) is 15.0. The number of anilines is 2. The third-order valence-corrected chi connectivity index (χ3v) is 5.44. The van der Waals surface area contributed by atoms with Crippen LogP contribution in [0.1, 0.15) is 36.0 Å². The summed E-state index contributed by atoms with van der Waals surface area (Å²) in [6.45, 7) is 7.40. The number of aromatic nitrogens is 3. The Morgan fingerprint density at radius 2 is 1.94 bits per heavy atom. The van der Waals surface area contributed by atoms with Gasteiger partial charge < -0.3 is 15.5 Å². The van der Waals surface area contributed by atoms with E-state index in [0.29, 0.717) is 17.3 Å². The molecule has 31 heavy (non-hydrogen) atoms. The Balaban J connectivity index is 1.71. The molecule has 9 heteroatoms. The van der Waals surface area contributed by atoms with Crippen LogP contribution in [0.5, 0.6) is 0 Å². The molecule has 1 aliphatic rings. The molecule has 1 saturated heterocycles. The number of halogens is 3. The summed E-state index contributed by atoms with van der Waals surface area (Å²) in [5, 5.41) is 7.18.